The van der Waals surface area contributed by atoms with E-state index in [0.717, 1.165) is 10.4 Å². The maximum atomic E-state index is 13.4. The SMILES string of the molecule is Cc1cc(S(N)(=O)=O)cc(NC(=O)c2cc(-c3cccs3)nc3c2cnn3C(C)C)c1C. The fourth-order valence-electron chi connectivity index (χ4n) is 3.44. The predicted molar refractivity (Wildman–Crippen MR) is 126 cm³/mol. The molecule has 32 heavy (non-hydrogen) atoms. The number of rotatable bonds is 5. The first-order chi connectivity index (χ1) is 15.1. The van der Waals surface area contributed by atoms with Gasteiger partial charge in [0, 0.05) is 11.7 Å². The summed E-state index contributed by atoms with van der Waals surface area (Å²) in [5.41, 5.74) is 3.54. The van der Waals surface area contributed by atoms with Gasteiger partial charge < -0.3 is 5.32 Å². The second-order valence-electron chi connectivity index (χ2n) is 7.86. The first kappa shape index (κ1) is 22.1. The summed E-state index contributed by atoms with van der Waals surface area (Å²) >= 11 is 1.53. The maximum absolute atomic E-state index is 13.4. The monoisotopic (exact) mass is 469 g/mol. The van der Waals surface area contributed by atoms with Crippen LogP contribution in [0.2, 0.25) is 0 Å². The Kier molecular flexibility index (Phi) is 5.61. The number of nitrogens with zero attached hydrogens (tertiary/aromatic N) is 3. The van der Waals surface area contributed by atoms with Crippen molar-refractivity contribution in [3.05, 3.63) is 58.6 Å². The van der Waals surface area contributed by atoms with Gasteiger partial charge in [-0.2, -0.15) is 5.10 Å². The molecule has 4 aromatic rings. The highest BCUT2D eigenvalue weighted by atomic mass is 32.2. The Balaban J connectivity index is 1.85. The number of aryl methyl sites for hydroxylation is 1. The summed E-state index contributed by atoms with van der Waals surface area (Å²) in [7, 11) is -3.92. The molecule has 1 aromatic carbocycles. The van der Waals surface area contributed by atoms with Crippen molar-refractivity contribution in [1.29, 1.82) is 0 Å². The lowest BCUT2D eigenvalue weighted by Crippen LogP contribution is -2.17. The van der Waals surface area contributed by atoms with Crippen molar-refractivity contribution in [2.75, 3.05) is 5.32 Å². The quantitative estimate of drug-likeness (QED) is 0.453. The molecule has 0 radical (unpaired) electrons. The zero-order chi connectivity index (χ0) is 23.2. The molecule has 3 heterocycles. The fourth-order valence-corrected chi connectivity index (χ4v) is 4.75. The normalized spacial score (nSPS) is 11.9. The smallest absolute Gasteiger partial charge is 0.256 e. The standard InChI is InChI=1S/C22H23N5O3S2/c1-12(2)27-21-17(11-24-27)16(10-19(25-21)20-6-5-7-31-20)22(28)26-18-9-15(32(23,29)30)8-13(3)14(18)4/h5-12H,1-4H3,(H,26,28)(H2,23,29,30). The van der Waals surface area contributed by atoms with Crippen molar-refractivity contribution in [1.82, 2.24) is 14.8 Å². The minimum absolute atomic E-state index is 0.0531. The highest BCUT2D eigenvalue weighted by Gasteiger charge is 2.21. The number of amides is 1. The van der Waals surface area contributed by atoms with Crippen molar-refractivity contribution in [3.8, 4) is 10.6 Å². The van der Waals surface area contributed by atoms with Crippen LogP contribution in [-0.4, -0.2) is 29.1 Å². The number of nitrogens with one attached hydrogen (secondary N) is 1. The molecule has 0 fully saturated rings. The van der Waals surface area contributed by atoms with Crippen LogP contribution in [0.3, 0.4) is 0 Å². The van der Waals surface area contributed by atoms with E-state index in [-0.39, 0.29) is 16.8 Å². The first-order valence-electron chi connectivity index (χ1n) is 9.94. The molecule has 0 unspecified atom stereocenters. The van der Waals surface area contributed by atoms with Crippen LogP contribution < -0.4 is 10.5 Å². The first-order valence-corrected chi connectivity index (χ1v) is 12.4. The Bertz CT molecular complexity index is 1440. The van der Waals surface area contributed by atoms with Crippen LogP contribution in [0, 0.1) is 13.8 Å². The molecule has 1 amide bonds. The van der Waals surface area contributed by atoms with Crippen LogP contribution in [0.4, 0.5) is 5.69 Å². The van der Waals surface area contributed by atoms with Gasteiger partial charge in [-0.05, 0) is 68.5 Å². The summed E-state index contributed by atoms with van der Waals surface area (Å²) in [6, 6.07) is 8.54. The number of aromatic nitrogens is 3. The molecule has 3 N–H and O–H groups in total. The number of hydrogen-bond donors (Lipinski definition) is 2. The average molecular weight is 470 g/mol. The molecule has 0 bridgehead atoms. The van der Waals surface area contributed by atoms with Crippen molar-refractivity contribution in [2.45, 2.75) is 38.6 Å². The minimum Gasteiger partial charge on any atom is -0.322 e. The topological polar surface area (TPSA) is 120 Å². The highest BCUT2D eigenvalue weighted by Crippen LogP contribution is 2.30. The fraction of sp³-hybridized carbons (Fsp3) is 0.227. The summed E-state index contributed by atoms with van der Waals surface area (Å²) in [4.78, 5) is 19.0. The number of primary sulfonamides is 1. The van der Waals surface area contributed by atoms with E-state index in [9.17, 15) is 13.2 Å². The van der Waals surface area contributed by atoms with Crippen LogP contribution in [0.5, 0.6) is 0 Å². The van der Waals surface area contributed by atoms with E-state index in [0.29, 0.717) is 33.5 Å². The van der Waals surface area contributed by atoms with Crippen LogP contribution in [0.1, 0.15) is 41.4 Å². The molecule has 3 aromatic heterocycles. The summed E-state index contributed by atoms with van der Waals surface area (Å²) in [6.07, 6.45) is 1.63. The van der Waals surface area contributed by atoms with Crippen molar-refractivity contribution < 1.29 is 13.2 Å². The average Bonchev–Trinajstić information content (AvgIpc) is 3.39. The zero-order valence-electron chi connectivity index (χ0n) is 18.1. The molecule has 166 valence electrons. The highest BCUT2D eigenvalue weighted by molar-refractivity contribution is 7.89. The van der Waals surface area contributed by atoms with Gasteiger partial charge in [-0.1, -0.05) is 6.07 Å². The van der Waals surface area contributed by atoms with E-state index < -0.39 is 10.0 Å². The van der Waals surface area contributed by atoms with Crippen molar-refractivity contribution in [3.63, 3.8) is 0 Å². The number of carbonyl (C=O) groups is 1. The second-order valence-corrected chi connectivity index (χ2v) is 10.4. The third-order valence-corrected chi connectivity index (χ3v) is 7.08. The van der Waals surface area contributed by atoms with Gasteiger partial charge in [0.25, 0.3) is 5.91 Å². The molecule has 0 atom stereocenters. The molecule has 0 saturated heterocycles. The Labute approximate surface area is 190 Å². The van der Waals surface area contributed by atoms with Crippen LogP contribution in [0.25, 0.3) is 21.6 Å². The van der Waals surface area contributed by atoms with E-state index in [1.165, 1.54) is 23.5 Å². The van der Waals surface area contributed by atoms with Crippen molar-refractivity contribution >= 4 is 44.0 Å². The number of anilines is 1. The lowest BCUT2D eigenvalue weighted by Gasteiger charge is -2.14. The van der Waals surface area contributed by atoms with Gasteiger partial charge in [0.2, 0.25) is 10.0 Å². The molecular weight excluding hydrogens is 446 g/mol. The number of hydrogen-bond acceptors (Lipinski definition) is 6. The van der Waals surface area contributed by atoms with E-state index in [2.05, 4.69) is 10.4 Å². The van der Waals surface area contributed by atoms with E-state index >= 15 is 0 Å². The van der Waals surface area contributed by atoms with E-state index in [1.807, 2.05) is 38.3 Å². The Hall–Kier alpha value is -3.08. The van der Waals surface area contributed by atoms with Crippen molar-refractivity contribution in [2.24, 2.45) is 5.14 Å². The van der Waals surface area contributed by atoms with Gasteiger partial charge in [-0.15, -0.1) is 11.3 Å². The van der Waals surface area contributed by atoms with Crippen LogP contribution >= 0.6 is 11.3 Å². The number of sulfonamides is 1. The number of fused-ring (bicyclic) bond motifs is 1. The molecule has 10 heteroatoms. The van der Waals surface area contributed by atoms with Crippen LogP contribution in [0.15, 0.2) is 46.8 Å². The molecule has 0 aliphatic carbocycles. The number of nitrogens with two attached hydrogens (primary N) is 1. The number of thiophene rings is 1. The van der Waals surface area contributed by atoms with Gasteiger partial charge in [-0.25, -0.2) is 23.2 Å². The largest absolute Gasteiger partial charge is 0.322 e. The molecule has 0 saturated carbocycles. The molecular formula is C22H23N5O3S2. The lowest BCUT2D eigenvalue weighted by atomic mass is 10.1. The maximum Gasteiger partial charge on any atom is 0.256 e. The van der Waals surface area contributed by atoms with Crippen LogP contribution in [-0.2, 0) is 10.0 Å². The minimum atomic E-state index is -3.92. The van der Waals surface area contributed by atoms with Gasteiger partial charge in [0.1, 0.15) is 0 Å². The summed E-state index contributed by atoms with van der Waals surface area (Å²) < 4.78 is 25.5. The van der Waals surface area contributed by atoms with E-state index in [1.54, 1.807) is 23.9 Å². The summed E-state index contributed by atoms with van der Waals surface area (Å²) in [6.45, 7) is 7.58. The van der Waals surface area contributed by atoms with Gasteiger partial charge in [0.15, 0.2) is 5.65 Å². The summed E-state index contributed by atoms with van der Waals surface area (Å²) in [5.74, 6) is -0.382. The third kappa shape index (κ3) is 4.04. The number of benzene rings is 1. The second kappa shape index (κ2) is 8.12. The molecule has 8 nitrogen and oxygen atoms in total. The Morgan fingerprint density at radius 1 is 1.22 bits per heavy atom. The van der Waals surface area contributed by atoms with Gasteiger partial charge >= 0.3 is 0 Å². The third-order valence-electron chi connectivity index (χ3n) is 5.29. The zero-order valence-corrected chi connectivity index (χ0v) is 19.7. The Morgan fingerprint density at radius 3 is 2.59 bits per heavy atom. The molecule has 0 aliphatic heterocycles. The lowest BCUT2D eigenvalue weighted by molar-refractivity contribution is 0.102. The van der Waals surface area contributed by atoms with E-state index in [4.69, 9.17) is 10.1 Å². The summed E-state index contributed by atoms with van der Waals surface area (Å²) in [5, 5.41) is 15.2. The Morgan fingerprint density at radius 2 is 1.97 bits per heavy atom. The molecule has 0 aliphatic rings. The predicted octanol–water partition coefficient (Wildman–Crippen LogP) is 4.26. The van der Waals surface area contributed by atoms with Gasteiger partial charge in [0.05, 0.1) is 32.6 Å². The van der Waals surface area contributed by atoms with Gasteiger partial charge in [-0.3, -0.25) is 4.79 Å². The number of pyridine rings is 1. The molecule has 4 rings (SSSR count). The molecule has 0 spiro atoms. The number of carbonyl (C=O) groups excluding carboxylic acids is 1.